The zero-order valence-corrected chi connectivity index (χ0v) is 18.8. The Kier molecular flexibility index (Phi) is 7.91. The number of alkyl carbamates (subject to hydrolysis) is 1. The van der Waals surface area contributed by atoms with E-state index in [4.69, 9.17) is 9.47 Å². The number of carboxylic acids is 1. The van der Waals surface area contributed by atoms with E-state index < -0.39 is 18.1 Å². The van der Waals surface area contributed by atoms with Crippen LogP contribution in [0.5, 0.6) is 0 Å². The number of rotatable bonds is 11. The minimum absolute atomic E-state index is 0.0788. The highest BCUT2D eigenvalue weighted by Gasteiger charge is 2.29. The molecule has 0 saturated heterocycles. The van der Waals surface area contributed by atoms with E-state index in [1.54, 1.807) is 0 Å². The lowest BCUT2D eigenvalue weighted by Gasteiger charge is -2.17. The molecule has 7 heteroatoms. The van der Waals surface area contributed by atoms with E-state index >= 15 is 0 Å². The quantitative estimate of drug-likeness (QED) is 0.294. The zero-order chi connectivity index (χ0) is 23.8. The van der Waals surface area contributed by atoms with Gasteiger partial charge in [0.1, 0.15) is 12.6 Å². The van der Waals surface area contributed by atoms with Crippen LogP contribution in [-0.2, 0) is 20.9 Å². The molecule has 3 aromatic carbocycles. The maximum Gasteiger partial charge on any atom is 0.407 e. The first-order valence-electron chi connectivity index (χ1n) is 11.3. The topological polar surface area (TPSA) is 96.9 Å². The molecule has 7 nitrogen and oxygen atoms in total. The fraction of sp³-hybridized carbons (Fsp3) is 0.259. The minimum Gasteiger partial charge on any atom is -0.480 e. The summed E-state index contributed by atoms with van der Waals surface area (Å²) in [5, 5.41) is 15.0. The molecule has 0 radical (unpaired) electrons. The summed E-state index contributed by atoms with van der Waals surface area (Å²) in [7, 11) is 0. The molecule has 0 saturated carbocycles. The Morgan fingerprint density at radius 3 is 2.15 bits per heavy atom. The van der Waals surface area contributed by atoms with E-state index in [1.807, 2.05) is 66.7 Å². The number of carbonyl (C=O) groups is 2. The van der Waals surface area contributed by atoms with Crippen molar-refractivity contribution in [3.05, 3.63) is 95.6 Å². The van der Waals surface area contributed by atoms with Crippen LogP contribution < -0.4 is 10.6 Å². The van der Waals surface area contributed by atoms with Gasteiger partial charge in [-0.2, -0.15) is 0 Å². The summed E-state index contributed by atoms with van der Waals surface area (Å²) in [6.45, 7) is 1.26. The van der Waals surface area contributed by atoms with Gasteiger partial charge in [0.25, 0.3) is 0 Å². The highest BCUT2D eigenvalue weighted by Crippen LogP contribution is 2.44. The van der Waals surface area contributed by atoms with Crippen molar-refractivity contribution in [3.8, 4) is 11.1 Å². The smallest absolute Gasteiger partial charge is 0.407 e. The molecule has 3 N–H and O–H groups in total. The number of carbonyl (C=O) groups excluding carboxylic acids is 1. The molecule has 0 heterocycles. The van der Waals surface area contributed by atoms with Crippen LogP contribution in [0.3, 0.4) is 0 Å². The molecule has 0 aliphatic heterocycles. The van der Waals surface area contributed by atoms with Crippen molar-refractivity contribution in [3.63, 3.8) is 0 Å². The SMILES string of the molecule is O=C(N[C@@H](CCNCOCc1ccccc1)C(=O)O)OCC1c2ccccc2-c2ccccc21. The first kappa shape index (κ1) is 23.5. The Labute approximate surface area is 198 Å². The lowest BCUT2D eigenvalue weighted by Crippen LogP contribution is -2.43. The minimum atomic E-state index is -1.11. The first-order chi connectivity index (χ1) is 16.6. The lowest BCUT2D eigenvalue weighted by atomic mass is 9.98. The van der Waals surface area contributed by atoms with E-state index in [-0.39, 0.29) is 25.7 Å². The summed E-state index contributed by atoms with van der Waals surface area (Å²) >= 11 is 0. The van der Waals surface area contributed by atoms with Gasteiger partial charge in [-0.15, -0.1) is 0 Å². The summed E-state index contributed by atoms with van der Waals surface area (Å²) < 4.78 is 11.0. The Balaban J connectivity index is 1.22. The maximum atomic E-state index is 12.4. The van der Waals surface area contributed by atoms with Crippen LogP contribution in [0.4, 0.5) is 4.79 Å². The number of hydrogen-bond donors (Lipinski definition) is 3. The van der Waals surface area contributed by atoms with Crippen molar-refractivity contribution in [2.75, 3.05) is 19.9 Å². The third kappa shape index (κ3) is 5.81. The molecule has 0 fully saturated rings. The Morgan fingerprint density at radius 1 is 0.882 bits per heavy atom. The summed E-state index contributed by atoms with van der Waals surface area (Å²) in [6, 6.07) is 24.8. The molecule has 0 bridgehead atoms. The number of ether oxygens (including phenoxy) is 2. The summed E-state index contributed by atoms with van der Waals surface area (Å²) in [4.78, 5) is 24.0. The molecule has 1 aliphatic carbocycles. The number of fused-ring (bicyclic) bond motifs is 3. The molecule has 34 heavy (non-hydrogen) atoms. The number of benzene rings is 3. The van der Waals surface area contributed by atoms with E-state index in [0.717, 1.165) is 27.8 Å². The van der Waals surface area contributed by atoms with Crippen molar-refractivity contribution in [2.24, 2.45) is 0 Å². The number of amides is 1. The Hall–Kier alpha value is -3.68. The standard InChI is InChI=1S/C27H28N2O5/c30-26(31)25(14-15-28-18-33-16-19-8-2-1-3-9-19)29-27(32)34-17-24-22-12-6-4-10-20(22)21-11-5-7-13-23(21)24/h1-13,24-25,28H,14-18H2,(H,29,32)(H,30,31)/t25-/m0/s1. The van der Waals surface area contributed by atoms with Crippen LogP contribution in [0.2, 0.25) is 0 Å². The van der Waals surface area contributed by atoms with Gasteiger partial charge in [0.15, 0.2) is 0 Å². The van der Waals surface area contributed by atoms with Gasteiger partial charge in [0.05, 0.1) is 13.3 Å². The molecule has 1 atom stereocenters. The Morgan fingerprint density at radius 2 is 1.50 bits per heavy atom. The van der Waals surface area contributed by atoms with Crippen molar-refractivity contribution < 1.29 is 24.2 Å². The third-order valence-electron chi connectivity index (χ3n) is 5.86. The van der Waals surface area contributed by atoms with Gasteiger partial charge in [-0.1, -0.05) is 78.9 Å². The molecule has 176 valence electrons. The van der Waals surface area contributed by atoms with E-state index in [2.05, 4.69) is 22.8 Å². The predicted molar refractivity (Wildman–Crippen MR) is 128 cm³/mol. The number of aliphatic carboxylic acids is 1. The second-order valence-electron chi connectivity index (χ2n) is 8.13. The van der Waals surface area contributed by atoms with Crippen LogP contribution in [0.25, 0.3) is 11.1 Å². The van der Waals surface area contributed by atoms with E-state index in [9.17, 15) is 14.7 Å². The van der Waals surface area contributed by atoms with Gasteiger partial charge in [-0.3, -0.25) is 5.32 Å². The van der Waals surface area contributed by atoms with Crippen molar-refractivity contribution in [2.45, 2.75) is 25.0 Å². The van der Waals surface area contributed by atoms with Crippen LogP contribution in [-0.4, -0.2) is 43.1 Å². The van der Waals surface area contributed by atoms with E-state index in [0.29, 0.717) is 13.2 Å². The molecule has 4 rings (SSSR count). The molecule has 1 amide bonds. The lowest BCUT2D eigenvalue weighted by molar-refractivity contribution is -0.139. The van der Waals surface area contributed by atoms with Crippen LogP contribution >= 0.6 is 0 Å². The average Bonchev–Trinajstić information content (AvgIpc) is 3.18. The van der Waals surface area contributed by atoms with Gasteiger partial charge in [0.2, 0.25) is 0 Å². The van der Waals surface area contributed by atoms with Gasteiger partial charge in [-0.25, -0.2) is 9.59 Å². The van der Waals surface area contributed by atoms with Gasteiger partial charge in [0, 0.05) is 5.92 Å². The molecule has 0 spiro atoms. The molecular formula is C27H28N2O5. The normalized spacial score (nSPS) is 13.1. The Bertz CT molecular complexity index is 1070. The summed E-state index contributed by atoms with van der Waals surface area (Å²) in [6.07, 6.45) is -0.539. The fourth-order valence-electron chi connectivity index (χ4n) is 4.17. The fourth-order valence-corrected chi connectivity index (χ4v) is 4.17. The number of hydrogen-bond acceptors (Lipinski definition) is 5. The van der Waals surface area contributed by atoms with Crippen molar-refractivity contribution in [1.29, 1.82) is 0 Å². The zero-order valence-electron chi connectivity index (χ0n) is 18.8. The van der Waals surface area contributed by atoms with Gasteiger partial charge >= 0.3 is 12.1 Å². The first-order valence-corrected chi connectivity index (χ1v) is 11.3. The van der Waals surface area contributed by atoms with Gasteiger partial charge in [-0.05, 0) is 40.8 Å². The van der Waals surface area contributed by atoms with Crippen molar-refractivity contribution >= 4 is 12.1 Å². The van der Waals surface area contributed by atoms with Crippen LogP contribution in [0.1, 0.15) is 29.0 Å². The third-order valence-corrected chi connectivity index (χ3v) is 5.86. The molecular weight excluding hydrogens is 432 g/mol. The second-order valence-corrected chi connectivity index (χ2v) is 8.13. The summed E-state index contributed by atoms with van der Waals surface area (Å²) in [5.74, 6) is -1.19. The number of carboxylic acid groups (broad SMARTS) is 1. The van der Waals surface area contributed by atoms with E-state index in [1.165, 1.54) is 0 Å². The monoisotopic (exact) mass is 460 g/mol. The summed E-state index contributed by atoms with van der Waals surface area (Å²) in [5.41, 5.74) is 5.54. The van der Waals surface area contributed by atoms with Crippen molar-refractivity contribution in [1.82, 2.24) is 10.6 Å². The average molecular weight is 461 g/mol. The largest absolute Gasteiger partial charge is 0.480 e. The number of nitrogens with one attached hydrogen (secondary N) is 2. The molecule has 1 aliphatic rings. The molecule has 3 aromatic rings. The molecule has 0 unspecified atom stereocenters. The van der Waals surface area contributed by atoms with Crippen LogP contribution in [0.15, 0.2) is 78.9 Å². The second kappa shape index (κ2) is 11.4. The van der Waals surface area contributed by atoms with Gasteiger partial charge < -0.3 is 19.9 Å². The highest BCUT2D eigenvalue weighted by atomic mass is 16.5. The predicted octanol–water partition coefficient (Wildman–Crippen LogP) is 4.13. The highest BCUT2D eigenvalue weighted by molar-refractivity contribution is 5.81. The molecule has 0 aromatic heterocycles. The van der Waals surface area contributed by atoms with Crippen LogP contribution in [0, 0.1) is 0 Å². The maximum absolute atomic E-state index is 12.4.